The maximum atomic E-state index is 11.8. The van der Waals surface area contributed by atoms with E-state index in [2.05, 4.69) is 13.5 Å². The van der Waals surface area contributed by atoms with Gasteiger partial charge < -0.3 is 56.8 Å². The lowest BCUT2D eigenvalue weighted by Gasteiger charge is -2.09. The molecular weight excluding hydrogens is 652 g/mol. The van der Waals surface area contributed by atoms with Gasteiger partial charge in [-0.1, -0.05) is 64.4 Å². The topological polar surface area (TPSA) is 128 Å². The predicted octanol–water partition coefficient (Wildman–Crippen LogP) is 4.82. The zero-order chi connectivity index (χ0) is 36.1. The van der Waals surface area contributed by atoms with Crippen molar-refractivity contribution in [3.8, 4) is 0 Å². The van der Waals surface area contributed by atoms with E-state index < -0.39 is 0 Å². The van der Waals surface area contributed by atoms with Gasteiger partial charge >= 0.3 is 5.97 Å². The van der Waals surface area contributed by atoms with Gasteiger partial charge in [0.1, 0.15) is 6.61 Å². The Morgan fingerprint density at radius 3 is 0.940 bits per heavy atom. The van der Waals surface area contributed by atoms with Crippen LogP contribution in [0.15, 0.2) is 12.7 Å². The largest absolute Gasteiger partial charge is 0.463 e. The summed E-state index contributed by atoms with van der Waals surface area (Å²) < 4.78 is 65.0. The summed E-state index contributed by atoms with van der Waals surface area (Å²) in [4.78, 5) is 11.8. The summed E-state index contributed by atoms with van der Waals surface area (Å²) >= 11 is 0. The van der Waals surface area contributed by atoms with Gasteiger partial charge in [0.2, 0.25) is 0 Å². The SMILES string of the molecule is C=CCOCCOCCOCCOCCOCCOCCOCCOCCOCCOCCOCCOC(=O)CCCCCCCCCCC. The lowest BCUT2D eigenvalue weighted by Crippen LogP contribution is -2.15. The number of unbranched alkanes of at least 4 members (excludes halogenated alkanes) is 8. The minimum Gasteiger partial charge on any atom is -0.463 e. The van der Waals surface area contributed by atoms with Crippen molar-refractivity contribution in [1.29, 1.82) is 0 Å². The van der Waals surface area contributed by atoms with Crippen molar-refractivity contribution in [2.24, 2.45) is 0 Å². The first-order chi connectivity index (χ1) is 24.8. The zero-order valence-electron chi connectivity index (χ0n) is 31.4. The maximum absolute atomic E-state index is 11.8. The van der Waals surface area contributed by atoms with Crippen LogP contribution in [-0.4, -0.2) is 158 Å². The van der Waals surface area contributed by atoms with E-state index in [4.69, 9.17) is 56.8 Å². The van der Waals surface area contributed by atoms with Gasteiger partial charge in [-0.25, -0.2) is 0 Å². The molecule has 0 heterocycles. The first kappa shape index (κ1) is 48.8. The first-order valence-corrected chi connectivity index (χ1v) is 18.9. The molecule has 0 aliphatic carbocycles. The van der Waals surface area contributed by atoms with Crippen molar-refractivity contribution >= 4 is 5.97 Å². The average molecular weight is 725 g/mol. The van der Waals surface area contributed by atoms with Crippen LogP contribution in [0.3, 0.4) is 0 Å². The second-order valence-corrected chi connectivity index (χ2v) is 11.3. The number of rotatable bonds is 45. The average Bonchev–Trinajstić information content (AvgIpc) is 3.12. The van der Waals surface area contributed by atoms with E-state index in [1.54, 1.807) is 6.08 Å². The maximum Gasteiger partial charge on any atom is 0.305 e. The van der Waals surface area contributed by atoms with Crippen molar-refractivity contribution in [1.82, 2.24) is 0 Å². The Morgan fingerprint density at radius 2 is 0.640 bits per heavy atom. The Hall–Kier alpha value is -1.23. The molecule has 13 nitrogen and oxygen atoms in total. The van der Waals surface area contributed by atoms with Crippen LogP contribution in [0, 0.1) is 0 Å². The van der Waals surface area contributed by atoms with E-state index in [0.717, 1.165) is 12.8 Å². The molecule has 50 heavy (non-hydrogen) atoms. The molecule has 0 radical (unpaired) electrons. The third-order valence-corrected chi connectivity index (χ3v) is 6.93. The van der Waals surface area contributed by atoms with Crippen LogP contribution in [0.2, 0.25) is 0 Å². The highest BCUT2D eigenvalue weighted by molar-refractivity contribution is 5.69. The van der Waals surface area contributed by atoms with Crippen molar-refractivity contribution in [3.63, 3.8) is 0 Å². The van der Waals surface area contributed by atoms with E-state index >= 15 is 0 Å². The van der Waals surface area contributed by atoms with Crippen LogP contribution in [0.1, 0.15) is 71.1 Å². The fourth-order valence-electron chi connectivity index (χ4n) is 4.23. The third-order valence-electron chi connectivity index (χ3n) is 6.93. The molecule has 0 spiro atoms. The van der Waals surface area contributed by atoms with Crippen LogP contribution in [0.5, 0.6) is 0 Å². The van der Waals surface area contributed by atoms with Crippen molar-refractivity contribution in [3.05, 3.63) is 12.7 Å². The quantitative estimate of drug-likeness (QED) is 0.0484. The van der Waals surface area contributed by atoms with Crippen LogP contribution in [0.4, 0.5) is 0 Å². The Morgan fingerprint density at radius 1 is 0.380 bits per heavy atom. The predicted molar refractivity (Wildman–Crippen MR) is 192 cm³/mol. The summed E-state index contributed by atoms with van der Waals surface area (Å²) in [5.41, 5.74) is 0. The molecular formula is C37H72O13. The second-order valence-electron chi connectivity index (χ2n) is 11.3. The minimum atomic E-state index is -0.137. The van der Waals surface area contributed by atoms with Gasteiger partial charge in [0.25, 0.3) is 0 Å². The van der Waals surface area contributed by atoms with Crippen molar-refractivity contribution < 1.29 is 61.6 Å². The summed E-state index contributed by atoms with van der Waals surface area (Å²) in [7, 11) is 0. The molecule has 0 atom stereocenters. The molecule has 0 aliphatic rings. The summed E-state index contributed by atoms with van der Waals surface area (Å²) in [5.74, 6) is -0.137. The van der Waals surface area contributed by atoms with Crippen LogP contribution < -0.4 is 0 Å². The fraction of sp³-hybridized carbons (Fsp3) is 0.919. The van der Waals surface area contributed by atoms with Gasteiger partial charge in [-0.3, -0.25) is 4.79 Å². The van der Waals surface area contributed by atoms with Crippen molar-refractivity contribution in [2.75, 3.05) is 152 Å². The van der Waals surface area contributed by atoms with Gasteiger partial charge in [-0.05, 0) is 6.42 Å². The standard InChI is InChI=1S/C37H72O13/c1-3-5-6-7-8-9-10-11-12-13-37(38)50-36-35-49-34-33-48-32-31-47-30-29-46-28-27-45-26-25-44-24-23-43-22-21-42-20-19-41-18-17-40-16-15-39-14-4-2/h4H,2-3,5-36H2,1H3. The van der Waals surface area contributed by atoms with Crippen LogP contribution in [0.25, 0.3) is 0 Å². The lowest BCUT2D eigenvalue weighted by molar-refractivity contribution is -0.145. The van der Waals surface area contributed by atoms with Crippen LogP contribution in [-0.2, 0) is 61.6 Å². The molecule has 298 valence electrons. The Bertz CT molecular complexity index is 657. The highest BCUT2D eigenvalue weighted by Crippen LogP contribution is 2.10. The molecule has 0 fully saturated rings. The van der Waals surface area contributed by atoms with E-state index in [0.29, 0.717) is 152 Å². The zero-order valence-corrected chi connectivity index (χ0v) is 31.4. The summed E-state index contributed by atoms with van der Waals surface area (Å²) in [6.45, 7) is 17.2. The molecule has 0 aliphatic heterocycles. The minimum absolute atomic E-state index is 0.137. The third kappa shape index (κ3) is 44.8. The molecule has 13 heteroatoms. The van der Waals surface area contributed by atoms with E-state index in [1.807, 2.05) is 0 Å². The van der Waals surface area contributed by atoms with E-state index in [1.165, 1.54) is 44.9 Å². The number of carbonyl (C=O) groups excluding carboxylic acids is 1. The molecule has 0 aromatic carbocycles. The molecule has 0 saturated heterocycles. The molecule has 0 bridgehead atoms. The van der Waals surface area contributed by atoms with Crippen molar-refractivity contribution in [2.45, 2.75) is 71.1 Å². The Kier molecular flexibility index (Phi) is 44.7. The highest BCUT2D eigenvalue weighted by atomic mass is 16.6. The molecule has 0 rings (SSSR count). The fourth-order valence-corrected chi connectivity index (χ4v) is 4.23. The number of ether oxygens (including phenoxy) is 12. The second kappa shape index (κ2) is 45.8. The monoisotopic (exact) mass is 724 g/mol. The molecule has 0 amide bonds. The summed E-state index contributed by atoms with van der Waals surface area (Å²) in [6, 6.07) is 0. The van der Waals surface area contributed by atoms with Gasteiger partial charge in [-0.2, -0.15) is 0 Å². The Labute approximate surface area is 303 Å². The number of carbonyl (C=O) groups is 1. The molecule has 0 saturated carbocycles. The van der Waals surface area contributed by atoms with Gasteiger partial charge in [0.15, 0.2) is 0 Å². The summed E-state index contributed by atoms with van der Waals surface area (Å²) in [5, 5.41) is 0. The van der Waals surface area contributed by atoms with Gasteiger partial charge in [0.05, 0.1) is 145 Å². The van der Waals surface area contributed by atoms with Crippen LogP contribution >= 0.6 is 0 Å². The number of esters is 1. The lowest BCUT2D eigenvalue weighted by atomic mass is 10.1. The number of hydrogen-bond acceptors (Lipinski definition) is 13. The molecule has 0 unspecified atom stereocenters. The smallest absolute Gasteiger partial charge is 0.305 e. The van der Waals surface area contributed by atoms with Gasteiger partial charge in [-0.15, -0.1) is 6.58 Å². The molecule has 0 aromatic rings. The number of hydrogen-bond donors (Lipinski definition) is 0. The first-order valence-electron chi connectivity index (χ1n) is 18.9. The van der Waals surface area contributed by atoms with Gasteiger partial charge in [0, 0.05) is 6.42 Å². The van der Waals surface area contributed by atoms with E-state index in [9.17, 15) is 4.79 Å². The summed E-state index contributed by atoms with van der Waals surface area (Å²) in [6.07, 6.45) is 13.3. The normalized spacial score (nSPS) is 11.4. The molecule has 0 N–H and O–H groups in total. The molecule has 0 aromatic heterocycles. The van der Waals surface area contributed by atoms with E-state index in [-0.39, 0.29) is 12.6 Å². The Balaban J connectivity index is 3.10. The highest BCUT2D eigenvalue weighted by Gasteiger charge is 2.03.